The zero-order valence-electron chi connectivity index (χ0n) is 16.0. The van der Waals surface area contributed by atoms with Gasteiger partial charge in [0.2, 0.25) is 5.82 Å². The van der Waals surface area contributed by atoms with Crippen LogP contribution in [0.4, 0.5) is 26.3 Å². The van der Waals surface area contributed by atoms with Gasteiger partial charge in [-0.1, -0.05) is 23.7 Å². The Labute approximate surface area is 185 Å². The largest absolute Gasteiger partial charge is 0.443 e. The third kappa shape index (κ3) is 3.94. The smallest absolute Gasteiger partial charge is 0.327 e. The van der Waals surface area contributed by atoms with E-state index < -0.39 is 39.9 Å². The van der Waals surface area contributed by atoms with Crippen LogP contribution in [0.2, 0.25) is 5.02 Å². The van der Waals surface area contributed by atoms with Crippen LogP contribution in [-0.4, -0.2) is 36.6 Å². The van der Waals surface area contributed by atoms with Gasteiger partial charge >= 0.3 is 12.4 Å². The van der Waals surface area contributed by atoms with Gasteiger partial charge in [-0.15, -0.1) is 21.5 Å². The summed E-state index contributed by atoms with van der Waals surface area (Å²) in [6.45, 7) is 1.55. The highest BCUT2D eigenvalue weighted by molar-refractivity contribution is 7.10. The van der Waals surface area contributed by atoms with Crippen LogP contribution in [0.5, 0.6) is 0 Å². The normalized spacial score (nSPS) is 17.1. The van der Waals surface area contributed by atoms with Crippen molar-refractivity contribution in [3.8, 4) is 11.5 Å². The number of alkyl halides is 6. The summed E-state index contributed by atoms with van der Waals surface area (Å²) in [6, 6.07) is 2.90. The highest BCUT2D eigenvalue weighted by Gasteiger charge is 2.38. The van der Waals surface area contributed by atoms with Crippen molar-refractivity contribution in [2.24, 2.45) is 0 Å². The van der Waals surface area contributed by atoms with E-state index in [0.29, 0.717) is 11.3 Å². The molecule has 1 aromatic carbocycles. The molecule has 0 bridgehead atoms. The van der Waals surface area contributed by atoms with Crippen molar-refractivity contribution in [3.63, 3.8) is 0 Å². The van der Waals surface area contributed by atoms with E-state index in [1.54, 1.807) is 6.92 Å². The second kappa shape index (κ2) is 7.73. The zero-order chi connectivity index (χ0) is 23.4. The Morgan fingerprint density at radius 3 is 2.44 bits per heavy atom. The van der Waals surface area contributed by atoms with Gasteiger partial charge in [0, 0.05) is 24.5 Å². The molecule has 0 fully saturated rings. The number of fused-ring (bicyclic) bond motifs is 1. The predicted octanol–water partition coefficient (Wildman–Crippen LogP) is 5.14. The Morgan fingerprint density at radius 1 is 1.12 bits per heavy atom. The zero-order valence-corrected chi connectivity index (χ0v) is 17.6. The number of nitrogens with zero attached hydrogens (tertiary/aromatic N) is 5. The molecule has 0 aliphatic carbocycles. The Hall–Kier alpha value is -2.67. The van der Waals surface area contributed by atoms with Crippen LogP contribution >= 0.6 is 22.9 Å². The molecule has 0 N–H and O–H groups in total. The average molecular weight is 496 g/mol. The minimum Gasteiger partial charge on any atom is -0.327 e. The van der Waals surface area contributed by atoms with E-state index in [2.05, 4.69) is 15.2 Å². The Balaban J connectivity index is 1.64. The van der Waals surface area contributed by atoms with E-state index >= 15 is 0 Å². The minimum absolute atomic E-state index is 0.00343. The van der Waals surface area contributed by atoms with Gasteiger partial charge in [-0.05, 0) is 18.6 Å². The molecule has 1 aliphatic heterocycles. The molecule has 1 amide bonds. The number of carbonyl (C=O) groups excluding carboxylic acids is 1. The number of carbonyl (C=O) groups is 1. The van der Waals surface area contributed by atoms with E-state index in [9.17, 15) is 31.1 Å². The fourth-order valence-corrected chi connectivity index (χ4v) is 4.31. The molecule has 0 radical (unpaired) electrons. The quantitative estimate of drug-likeness (QED) is 0.472. The SMILES string of the molecule is CC1Cn2c(nnc2-c2csc(C(F)(F)F)n2)C(=O)N1Cc1cccc(C(F)(F)F)c1Cl. The lowest BCUT2D eigenvalue weighted by Gasteiger charge is -2.34. The molecule has 0 spiro atoms. The molecule has 32 heavy (non-hydrogen) atoms. The van der Waals surface area contributed by atoms with Crippen LogP contribution in [-0.2, 0) is 25.4 Å². The first-order valence-electron chi connectivity index (χ1n) is 8.99. The number of hydrogen-bond donors (Lipinski definition) is 0. The first kappa shape index (κ1) is 22.5. The van der Waals surface area contributed by atoms with Crippen molar-refractivity contribution in [2.75, 3.05) is 0 Å². The summed E-state index contributed by atoms with van der Waals surface area (Å²) in [6.07, 6.45) is -9.26. The molecule has 3 aromatic rings. The van der Waals surface area contributed by atoms with Crippen LogP contribution in [0.1, 0.15) is 33.7 Å². The number of benzene rings is 1. The van der Waals surface area contributed by atoms with E-state index in [-0.39, 0.29) is 36.0 Å². The van der Waals surface area contributed by atoms with Crippen LogP contribution in [0.15, 0.2) is 23.6 Å². The Kier molecular flexibility index (Phi) is 5.44. The maximum Gasteiger partial charge on any atom is 0.443 e. The van der Waals surface area contributed by atoms with Gasteiger partial charge < -0.3 is 4.90 Å². The van der Waals surface area contributed by atoms with E-state index in [1.807, 2.05) is 0 Å². The molecule has 4 rings (SSSR count). The Morgan fingerprint density at radius 2 is 1.81 bits per heavy atom. The second-order valence-electron chi connectivity index (χ2n) is 7.05. The van der Waals surface area contributed by atoms with Crippen LogP contribution in [0, 0.1) is 0 Å². The van der Waals surface area contributed by atoms with E-state index in [0.717, 1.165) is 6.07 Å². The molecular weight excluding hydrogens is 484 g/mol. The molecular formula is C18H12ClF6N5OS. The molecule has 14 heteroatoms. The summed E-state index contributed by atoms with van der Waals surface area (Å²) in [5.74, 6) is -0.784. The summed E-state index contributed by atoms with van der Waals surface area (Å²) >= 11 is 6.34. The number of halogens is 7. The highest BCUT2D eigenvalue weighted by Crippen LogP contribution is 2.38. The number of amides is 1. The minimum atomic E-state index is -4.65. The first-order valence-corrected chi connectivity index (χ1v) is 10.3. The van der Waals surface area contributed by atoms with Crippen LogP contribution in [0.3, 0.4) is 0 Å². The van der Waals surface area contributed by atoms with Gasteiger partial charge in [-0.25, -0.2) is 4.98 Å². The van der Waals surface area contributed by atoms with Crippen molar-refractivity contribution in [3.05, 3.63) is 50.6 Å². The third-order valence-electron chi connectivity index (χ3n) is 4.88. The molecule has 1 aliphatic rings. The van der Waals surface area contributed by atoms with Crippen molar-refractivity contribution in [1.29, 1.82) is 0 Å². The topological polar surface area (TPSA) is 63.9 Å². The number of hydrogen-bond acceptors (Lipinski definition) is 5. The fourth-order valence-electron chi connectivity index (χ4n) is 3.35. The lowest BCUT2D eigenvalue weighted by Crippen LogP contribution is -2.46. The molecule has 170 valence electrons. The van der Waals surface area contributed by atoms with Crippen molar-refractivity contribution in [1.82, 2.24) is 24.6 Å². The van der Waals surface area contributed by atoms with Gasteiger partial charge in [0.05, 0.1) is 10.6 Å². The molecule has 2 aromatic heterocycles. The summed E-state index contributed by atoms with van der Waals surface area (Å²) in [5.41, 5.74) is -0.983. The summed E-state index contributed by atoms with van der Waals surface area (Å²) in [4.78, 5) is 17.8. The summed E-state index contributed by atoms with van der Waals surface area (Å²) in [7, 11) is 0. The molecule has 6 nitrogen and oxygen atoms in total. The molecule has 1 unspecified atom stereocenters. The molecule has 1 atom stereocenters. The van der Waals surface area contributed by atoms with E-state index in [4.69, 9.17) is 11.6 Å². The van der Waals surface area contributed by atoms with Gasteiger partial charge in [-0.3, -0.25) is 9.36 Å². The van der Waals surface area contributed by atoms with Gasteiger partial charge in [0.25, 0.3) is 5.91 Å². The van der Waals surface area contributed by atoms with Crippen molar-refractivity contribution < 1.29 is 31.1 Å². The molecule has 0 saturated carbocycles. The average Bonchev–Trinajstić information content (AvgIpc) is 3.32. The maximum atomic E-state index is 13.1. The number of thiazole rings is 1. The van der Waals surface area contributed by atoms with E-state index in [1.165, 1.54) is 27.0 Å². The standard InChI is InChI=1S/C18H12ClF6N5OS/c1-8-5-30-13(11-7-32-16(26-11)18(23,24)25)27-28-14(30)15(31)29(8)6-9-3-2-4-10(12(9)19)17(20,21)22/h2-4,7-8H,5-6H2,1H3. The lowest BCUT2D eigenvalue weighted by molar-refractivity contribution is -0.138. The number of rotatable bonds is 3. The van der Waals surface area contributed by atoms with Crippen LogP contribution < -0.4 is 0 Å². The van der Waals surface area contributed by atoms with Gasteiger partial charge in [0.15, 0.2) is 10.8 Å². The lowest BCUT2D eigenvalue weighted by atomic mass is 10.1. The molecule has 0 saturated heterocycles. The third-order valence-corrected chi connectivity index (χ3v) is 6.22. The maximum absolute atomic E-state index is 13.1. The summed E-state index contributed by atoms with van der Waals surface area (Å²) in [5, 5.41) is 7.22. The highest BCUT2D eigenvalue weighted by atomic mass is 35.5. The Bertz CT molecular complexity index is 1190. The van der Waals surface area contributed by atoms with Crippen molar-refractivity contribution >= 4 is 28.8 Å². The molecule has 3 heterocycles. The first-order chi connectivity index (χ1) is 14.9. The predicted molar refractivity (Wildman–Crippen MR) is 102 cm³/mol. The van der Waals surface area contributed by atoms with Crippen LogP contribution in [0.25, 0.3) is 11.5 Å². The van der Waals surface area contributed by atoms with Gasteiger partial charge in [-0.2, -0.15) is 26.3 Å². The summed E-state index contributed by atoms with van der Waals surface area (Å²) < 4.78 is 79.3. The van der Waals surface area contributed by atoms with Crippen molar-refractivity contribution in [2.45, 2.75) is 38.4 Å². The second-order valence-corrected chi connectivity index (χ2v) is 8.29. The fraction of sp³-hybridized carbons (Fsp3) is 0.333. The number of aromatic nitrogens is 4. The monoisotopic (exact) mass is 495 g/mol. The van der Waals surface area contributed by atoms with Gasteiger partial charge in [0.1, 0.15) is 5.69 Å².